The highest BCUT2D eigenvalue weighted by Crippen LogP contribution is 2.31. The number of rotatable bonds is 6. The molecule has 1 aliphatic rings. The van der Waals surface area contributed by atoms with Crippen molar-refractivity contribution in [1.29, 1.82) is 0 Å². The third-order valence-corrected chi connectivity index (χ3v) is 3.28. The molecule has 6 nitrogen and oxygen atoms in total. The van der Waals surface area contributed by atoms with Crippen molar-refractivity contribution in [3.63, 3.8) is 0 Å². The first-order valence-corrected chi connectivity index (χ1v) is 6.98. The van der Waals surface area contributed by atoms with Crippen molar-refractivity contribution in [2.75, 3.05) is 19.7 Å². The third-order valence-electron chi connectivity index (χ3n) is 3.28. The molecule has 1 aromatic carbocycles. The fraction of sp³-hybridized carbons (Fsp3) is 0.467. The van der Waals surface area contributed by atoms with E-state index >= 15 is 0 Å². The number of nitrogens with zero attached hydrogens (tertiary/aromatic N) is 1. The zero-order valence-corrected chi connectivity index (χ0v) is 11.9. The van der Waals surface area contributed by atoms with E-state index in [0.717, 1.165) is 0 Å². The topological polar surface area (TPSA) is 76.1 Å². The summed E-state index contributed by atoms with van der Waals surface area (Å²) in [6.45, 7) is 3.14. The number of amides is 1. The monoisotopic (exact) mass is 293 g/mol. The number of benzene rings is 1. The maximum absolute atomic E-state index is 12.0. The molecule has 0 aromatic heterocycles. The van der Waals surface area contributed by atoms with Gasteiger partial charge in [-0.1, -0.05) is 12.1 Å². The standard InChI is InChI=1S/C15H19NO5/c1-2-16(14(17)7-8-15(18)19)9-11-10-20-12-5-3-4-6-13(12)21-11/h3-6,11H,2,7-10H2,1H3,(H,18,19). The Morgan fingerprint density at radius 1 is 1.29 bits per heavy atom. The number of hydrogen-bond donors (Lipinski definition) is 1. The van der Waals surface area contributed by atoms with Gasteiger partial charge in [-0.2, -0.15) is 0 Å². The van der Waals surface area contributed by atoms with Crippen molar-refractivity contribution in [2.24, 2.45) is 0 Å². The van der Waals surface area contributed by atoms with E-state index in [9.17, 15) is 9.59 Å². The van der Waals surface area contributed by atoms with Gasteiger partial charge in [-0.15, -0.1) is 0 Å². The van der Waals surface area contributed by atoms with Crippen molar-refractivity contribution in [2.45, 2.75) is 25.9 Å². The number of fused-ring (bicyclic) bond motifs is 1. The molecule has 1 heterocycles. The SMILES string of the molecule is CCN(CC1COc2ccccc2O1)C(=O)CCC(=O)O. The normalized spacial score (nSPS) is 16.3. The summed E-state index contributed by atoms with van der Waals surface area (Å²) in [6, 6.07) is 7.39. The lowest BCUT2D eigenvalue weighted by Crippen LogP contribution is -2.43. The summed E-state index contributed by atoms with van der Waals surface area (Å²) in [4.78, 5) is 24.1. The van der Waals surface area contributed by atoms with Gasteiger partial charge in [-0.3, -0.25) is 9.59 Å². The molecule has 0 radical (unpaired) electrons. The van der Waals surface area contributed by atoms with Crippen LogP contribution in [0, 0.1) is 0 Å². The molecular weight excluding hydrogens is 274 g/mol. The summed E-state index contributed by atoms with van der Waals surface area (Å²) in [6.07, 6.45) is -0.387. The van der Waals surface area contributed by atoms with E-state index in [2.05, 4.69) is 0 Å². The van der Waals surface area contributed by atoms with Gasteiger partial charge in [-0.25, -0.2) is 0 Å². The number of ether oxygens (including phenoxy) is 2. The Balaban J connectivity index is 1.91. The van der Waals surface area contributed by atoms with Gasteiger partial charge in [0.2, 0.25) is 5.91 Å². The Bertz CT molecular complexity index is 517. The molecule has 0 aliphatic carbocycles. The second-order valence-corrected chi connectivity index (χ2v) is 4.82. The van der Waals surface area contributed by atoms with Crippen LogP contribution < -0.4 is 9.47 Å². The molecule has 0 bridgehead atoms. The lowest BCUT2D eigenvalue weighted by molar-refractivity contribution is -0.141. The number of carboxylic acids is 1. The summed E-state index contributed by atoms with van der Waals surface area (Å²) in [5, 5.41) is 8.63. The van der Waals surface area contributed by atoms with Crippen molar-refractivity contribution < 1.29 is 24.2 Å². The molecule has 1 amide bonds. The summed E-state index contributed by atoms with van der Waals surface area (Å²) in [5.41, 5.74) is 0. The average Bonchev–Trinajstić information content (AvgIpc) is 2.50. The lowest BCUT2D eigenvalue weighted by Gasteiger charge is -2.30. The van der Waals surface area contributed by atoms with Gasteiger partial charge in [0.15, 0.2) is 17.6 Å². The van der Waals surface area contributed by atoms with Crippen LogP contribution in [-0.4, -0.2) is 47.7 Å². The first-order chi connectivity index (χ1) is 10.1. The fourth-order valence-corrected chi connectivity index (χ4v) is 2.18. The Labute approximate surface area is 123 Å². The molecule has 1 N–H and O–H groups in total. The van der Waals surface area contributed by atoms with Crippen LogP contribution in [0.4, 0.5) is 0 Å². The molecule has 0 saturated carbocycles. The summed E-state index contributed by atoms with van der Waals surface area (Å²) in [7, 11) is 0. The van der Waals surface area contributed by atoms with Crippen LogP contribution in [0.2, 0.25) is 0 Å². The number of carbonyl (C=O) groups is 2. The number of carboxylic acid groups (broad SMARTS) is 1. The number of likely N-dealkylation sites (N-methyl/N-ethyl adjacent to an activating group) is 1. The molecule has 6 heteroatoms. The minimum absolute atomic E-state index is 0.00728. The maximum atomic E-state index is 12.0. The first kappa shape index (κ1) is 15.2. The molecule has 1 aliphatic heterocycles. The molecule has 1 aromatic rings. The third kappa shape index (κ3) is 4.11. The van der Waals surface area contributed by atoms with Crippen molar-refractivity contribution in [1.82, 2.24) is 4.90 Å². The molecule has 1 unspecified atom stereocenters. The van der Waals surface area contributed by atoms with E-state index < -0.39 is 5.97 Å². The number of carbonyl (C=O) groups excluding carboxylic acids is 1. The first-order valence-electron chi connectivity index (χ1n) is 6.98. The average molecular weight is 293 g/mol. The lowest BCUT2D eigenvalue weighted by atomic mass is 10.2. The van der Waals surface area contributed by atoms with Crippen molar-refractivity contribution in [3.05, 3.63) is 24.3 Å². The van der Waals surface area contributed by atoms with Crippen molar-refractivity contribution >= 4 is 11.9 Å². The van der Waals surface area contributed by atoms with Gasteiger partial charge in [0.25, 0.3) is 0 Å². The molecule has 0 saturated heterocycles. The Hall–Kier alpha value is -2.24. The smallest absolute Gasteiger partial charge is 0.303 e. The van der Waals surface area contributed by atoms with Gasteiger partial charge in [-0.05, 0) is 19.1 Å². The number of para-hydroxylation sites is 2. The number of aliphatic carboxylic acids is 1. The van der Waals surface area contributed by atoms with Crippen LogP contribution in [-0.2, 0) is 9.59 Å². The predicted molar refractivity (Wildman–Crippen MR) is 75.5 cm³/mol. The van der Waals surface area contributed by atoms with Gasteiger partial charge in [0.1, 0.15) is 6.61 Å². The fourth-order valence-electron chi connectivity index (χ4n) is 2.18. The predicted octanol–water partition coefficient (Wildman–Crippen LogP) is 1.54. The van der Waals surface area contributed by atoms with E-state index in [1.54, 1.807) is 4.90 Å². The Morgan fingerprint density at radius 2 is 2.00 bits per heavy atom. The van der Waals surface area contributed by atoms with Crippen LogP contribution in [0.5, 0.6) is 11.5 Å². The van der Waals surface area contributed by atoms with Crippen LogP contribution in [0.3, 0.4) is 0 Å². The van der Waals surface area contributed by atoms with Crippen LogP contribution in [0.1, 0.15) is 19.8 Å². The quantitative estimate of drug-likeness (QED) is 0.861. The molecule has 114 valence electrons. The summed E-state index contributed by atoms with van der Waals surface area (Å²) >= 11 is 0. The summed E-state index contributed by atoms with van der Waals surface area (Å²) in [5.74, 6) is 0.227. The minimum atomic E-state index is -0.967. The Kier molecular flexibility index (Phi) is 5.03. The molecule has 21 heavy (non-hydrogen) atoms. The van der Waals surface area contributed by atoms with E-state index in [1.165, 1.54) is 0 Å². The zero-order chi connectivity index (χ0) is 15.2. The van der Waals surface area contributed by atoms with E-state index in [4.69, 9.17) is 14.6 Å². The van der Waals surface area contributed by atoms with Gasteiger partial charge < -0.3 is 19.5 Å². The van der Waals surface area contributed by atoms with Gasteiger partial charge in [0.05, 0.1) is 13.0 Å². The van der Waals surface area contributed by atoms with E-state index in [-0.39, 0.29) is 24.9 Å². The molecular formula is C15H19NO5. The van der Waals surface area contributed by atoms with Gasteiger partial charge in [0, 0.05) is 13.0 Å². The molecule has 1 atom stereocenters. The highest BCUT2D eigenvalue weighted by atomic mass is 16.6. The molecule has 0 fully saturated rings. The maximum Gasteiger partial charge on any atom is 0.303 e. The Morgan fingerprint density at radius 3 is 2.67 bits per heavy atom. The highest BCUT2D eigenvalue weighted by molar-refractivity contribution is 5.80. The van der Waals surface area contributed by atoms with Crippen LogP contribution in [0.25, 0.3) is 0 Å². The largest absolute Gasteiger partial charge is 0.486 e. The van der Waals surface area contributed by atoms with Crippen LogP contribution >= 0.6 is 0 Å². The van der Waals surface area contributed by atoms with Crippen molar-refractivity contribution in [3.8, 4) is 11.5 Å². The number of hydrogen-bond acceptors (Lipinski definition) is 4. The van der Waals surface area contributed by atoms with Crippen LogP contribution in [0.15, 0.2) is 24.3 Å². The van der Waals surface area contributed by atoms with E-state index in [0.29, 0.717) is 31.2 Å². The van der Waals surface area contributed by atoms with E-state index in [1.807, 2.05) is 31.2 Å². The van der Waals surface area contributed by atoms with Gasteiger partial charge >= 0.3 is 5.97 Å². The second-order valence-electron chi connectivity index (χ2n) is 4.82. The molecule has 2 rings (SSSR count). The minimum Gasteiger partial charge on any atom is -0.486 e. The second kappa shape index (κ2) is 6.97. The zero-order valence-electron chi connectivity index (χ0n) is 11.9. The summed E-state index contributed by atoms with van der Waals surface area (Å²) < 4.78 is 11.4. The highest BCUT2D eigenvalue weighted by Gasteiger charge is 2.24. The molecule has 0 spiro atoms.